The second kappa shape index (κ2) is 7.88. The summed E-state index contributed by atoms with van der Waals surface area (Å²) in [5, 5.41) is 0. The molecule has 50 valence electrons. The zero-order valence-electron chi connectivity index (χ0n) is 5.35. The summed E-state index contributed by atoms with van der Waals surface area (Å²) in [6.45, 7) is 2.20. The lowest BCUT2D eigenvalue weighted by molar-refractivity contribution is 0.456. The zero-order chi connectivity index (χ0) is 6.24. The Balaban J connectivity index is 2.53. The first-order valence-corrected chi connectivity index (χ1v) is 7.45. The van der Waals surface area contributed by atoms with Crippen molar-refractivity contribution in [3.8, 4) is 0 Å². The second-order valence-corrected chi connectivity index (χ2v) is 7.28. The van der Waals surface area contributed by atoms with E-state index in [0.717, 1.165) is 0 Å². The van der Waals surface area contributed by atoms with E-state index in [2.05, 4.69) is 6.92 Å². The molecule has 0 unspecified atom stereocenters. The lowest BCUT2D eigenvalue weighted by Crippen LogP contribution is -1.82. The lowest BCUT2D eigenvalue weighted by Gasteiger charge is -1.94. The molecule has 4 heteroatoms. The third-order valence-electron chi connectivity index (χ3n) is 0.537. The van der Waals surface area contributed by atoms with Crippen LogP contribution in [0, 0.1) is 0 Å². The molecule has 0 amide bonds. The molecule has 0 N–H and O–H groups in total. The molecule has 0 aromatic rings. The molecule has 0 aromatic carbocycles. The average Bonchev–Trinajstić information content (AvgIpc) is 1.81. The van der Waals surface area contributed by atoms with E-state index in [4.69, 9.17) is 4.43 Å². The Morgan fingerprint density at radius 3 is 2.88 bits per heavy atom. The largest absolute Gasteiger partial charge is 0.415 e. The van der Waals surface area contributed by atoms with Gasteiger partial charge in [0.05, 0.1) is 0 Å². The van der Waals surface area contributed by atoms with Crippen molar-refractivity contribution in [2.45, 2.75) is 13.3 Å². The van der Waals surface area contributed by atoms with Crippen LogP contribution < -0.4 is 0 Å². The fraction of sp³-hybridized carbons (Fsp3) is 1.00. The SMILES string of the molecule is CCCSS[SiH2]OC. The molecule has 0 radical (unpaired) electrons. The second-order valence-electron chi connectivity index (χ2n) is 1.35. The predicted molar refractivity (Wildman–Crippen MR) is 45.9 cm³/mol. The van der Waals surface area contributed by atoms with E-state index in [1.54, 1.807) is 7.11 Å². The lowest BCUT2D eigenvalue weighted by atomic mass is 10.6. The van der Waals surface area contributed by atoms with Gasteiger partial charge in [-0.1, -0.05) is 28.0 Å². The Morgan fingerprint density at radius 2 is 2.38 bits per heavy atom. The van der Waals surface area contributed by atoms with Gasteiger partial charge in [-0.25, -0.2) is 0 Å². The molecule has 0 aliphatic carbocycles. The summed E-state index contributed by atoms with van der Waals surface area (Å²) in [5.74, 6) is 1.26. The first kappa shape index (κ1) is 8.88. The summed E-state index contributed by atoms with van der Waals surface area (Å²) in [6.07, 6.45) is 1.27. The zero-order valence-corrected chi connectivity index (χ0v) is 8.39. The quantitative estimate of drug-likeness (QED) is 0.349. The Morgan fingerprint density at radius 1 is 1.62 bits per heavy atom. The van der Waals surface area contributed by atoms with Crippen LogP contribution in [0.1, 0.15) is 13.3 Å². The van der Waals surface area contributed by atoms with Crippen molar-refractivity contribution in [2.24, 2.45) is 0 Å². The highest BCUT2D eigenvalue weighted by Crippen LogP contribution is 2.19. The van der Waals surface area contributed by atoms with Crippen LogP contribution in [0.25, 0.3) is 0 Å². The van der Waals surface area contributed by atoms with Gasteiger partial charge in [0.25, 0.3) is 0 Å². The standard InChI is InChI=1S/C4H12OS2Si/c1-3-4-6-7-8-5-2/h3-4,8H2,1-2H3. The highest BCUT2D eigenvalue weighted by molar-refractivity contribution is 8.85. The molecule has 0 aromatic heterocycles. The van der Waals surface area contributed by atoms with Crippen LogP contribution in [0.2, 0.25) is 0 Å². The smallest absolute Gasteiger partial charge is 0.233 e. The first-order chi connectivity index (χ1) is 3.91. The van der Waals surface area contributed by atoms with Gasteiger partial charge in [0.2, 0.25) is 8.91 Å². The normalized spacial score (nSPS) is 11.2. The fourth-order valence-electron chi connectivity index (χ4n) is 0.224. The van der Waals surface area contributed by atoms with E-state index >= 15 is 0 Å². The Kier molecular flexibility index (Phi) is 8.74. The summed E-state index contributed by atoms with van der Waals surface area (Å²) >= 11 is 0. The molecule has 0 aliphatic rings. The molecule has 0 aliphatic heterocycles. The number of hydrogen-bond acceptors (Lipinski definition) is 3. The molecule has 0 spiro atoms. The molecule has 0 bridgehead atoms. The highest BCUT2D eigenvalue weighted by atomic mass is 33.2. The fourth-order valence-corrected chi connectivity index (χ4v) is 4.56. The van der Waals surface area contributed by atoms with Gasteiger partial charge in [-0.15, -0.1) is 0 Å². The van der Waals surface area contributed by atoms with Crippen molar-refractivity contribution in [1.82, 2.24) is 0 Å². The van der Waals surface area contributed by atoms with E-state index in [-0.39, 0.29) is 8.91 Å². The minimum absolute atomic E-state index is 0.219. The molecule has 8 heavy (non-hydrogen) atoms. The van der Waals surface area contributed by atoms with E-state index in [1.807, 2.05) is 21.0 Å². The third kappa shape index (κ3) is 6.88. The molecular weight excluding hydrogens is 156 g/mol. The molecule has 0 fully saturated rings. The average molecular weight is 168 g/mol. The number of rotatable bonds is 5. The molecule has 1 nitrogen and oxygen atoms in total. The van der Waals surface area contributed by atoms with Crippen LogP contribution in [0.3, 0.4) is 0 Å². The van der Waals surface area contributed by atoms with Crippen LogP contribution in [-0.4, -0.2) is 21.8 Å². The molecule has 0 atom stereocenters. The van der Waals surface area contributed by atoms with Crippen LogP contribution in [-0.2, 0) is 4.43 Å². The van der Waals surface area contributed by atoms with Gasteiger partial charge >= 0.3 is 0 Å². The maximum Gasteiger partial charge on any atom is 0.233 e. The van der Waals surface area contributed by atoms with Gasteiger partial charge in [-0.2, -0.15) is 0 Å². The van der Waals surface area contributed by atoms with Crippen LogP contribution in [0.15, 0.2) is 0 Å². The van der Waals surface area contributed by atoms with Crippen LogP contribution in [0.4, 0.5) is 0 Å². The predicted octanol–water partition coefficient (Wildman–Crippen LogP) is 1.42. The van der Waals surface area contributed by atoms with Gasteiger partial charge in [-0.3, -0.25) is 0 Å². The highest BCUT2D eigenvalue weighted by Gasteiger charge is 1.85. The minimum Gasteiger partial charge on any atom is -0.415 e. The van der Waals surface area contributed by atoms with Crippen LogP contribution in [0.5, 0.6) is 0 Å². The summed E-state index contributed by atoms with van der Waals surface area (Å²) in [4.78, 5) is 0. The Labute approximate surface area is 60.9 Å². The van der Waals surface area contributed by atoms with Crippen molar-refractivity contribution < 1.29 is 4.43 Å². The van der Waals surface area contributed by atoms with Gasteiger partial charge in [0.1, 0.15) is 0 Å². The molecule has 0 saturated carbocycles. The molecule has 0 rings (SSSR count). The maximum atomic E-state index is 4.97. The van der Waals surface area contributed by atoms with Crippen LogP contribution >= 0.6 is 21.0 Å². The molecule has 0 saturated heterocycles. The van der Waals surface area contributed by atoms with E-state index in [9.17, 15) is 0 Å². The Bertz CT molecular complexity index is 39.0. The molecule has 0 heterocycles. The first-order valence-electron chi connectivity index (χ1n) is 2.65. The summed E-state index contributed by atoms with van der Waals surface area (Å²) < 4.78 is 4.97. The Hall–Kier alpha value is 0.877. The molecular formula is C4H12OS2Si. The van der Waals surface area contributed by atoms with E-state index < -0.39 is 0 Å². The van der Waals surface area contributed by atoms with E-state index in [0.29, 0.717) is 0 Å². The van der Waals surface area contributed by atoms with Crippen molar-refractivity contribution >= 4 is 29.9 Å². The summed E-state index contributed by atoms with van der Waals surface area (Å²) in [6, 6.07) is 0. The van der Waals surface area contributed by atoms with Gasteiger partial charge in [0.15, 0.2) is 0 Å². The van der Waals surface area contributed by atoms with Crippen molar-refractivity contribution in [3.63, 3.8) is 0 Å². The number of hydrogen-bond donors (Lipinski definition) is 0. The minimum atomic E-state index is -0.219. The summed E-state index contributed by atoms with van der Waals surface area (Å²) in [7, 11) is 5.41. The summed E-state index contributed by atoms with van der Waals surface area (Å²) in [5.41, 5.74) is 0. The van der Waals surface area contributed by atoms with Gasteiger partial charge < -0.3 is 4.43 Å². The van der Waals surface area contributed by atoms with Gasteiger partial charge in [-0.05, 0) is 6.42 Å². The van der Waals surface area contributed by atoms with Crippen molar-refractivity contribution in [2.75, 3.05) is 12.9 Å². The topological polar surface area (TPSA) is 9.23 Å². The van der Waals surface area contributed by atoms with Gasteiger partial charge in [0, 0.05) is 12.9 Å². The monoisotopic (exact) mass is 168 g/mol. The third-order valence-corrected chi connectivity index (χ3v) is 5.97. The maximum absolute atomic E-state index is 4.97. The van der Waals surface area contributed by atoms with E-state index in [1.165, 1.54) is 12.2 Å². The van der Waals surface area contributed by atoms with Crippen molar-refractivity contribution in [1.29, 1.82) is 0 Å². The van der Waals surface area contributed by atoms with Crippen molar-refractivity contribution in [3.05, 3.63) is 0 Å².